The summed E-state index contributed by atoms with van der Waals surface area (Å²) in [6.45, 7) is 1.95. The summed E-state index contributed by atoms with van der Waals surface area (Å²) in [4.78, 5) is 29.2. The van der Waals surface area contributed by atoms with Crippen LogP contribution in [0.25, 0.3) is 0 Å². The highest BCUT2D eigenvalue weighted by atomic mass is 32.2. The molecule has 0 atom stereocenters. The number of nitrogens with zero attached hydrogens (tertiary/aromatic N) is 2. The van der Waals surface area contributed by atoms with E-state index in [0.717, 1.165) is 5.56 Å². The standard InChI is InChI=1S/C22H18N4O2S/c1-15-5-4-6-17(11-15)25-22(28)18-7-2-3-8-19(18)26-20(27)14-29-21-12-16(13-23)9-10-24-21/h2-12H,14H2,1H3,(H,25,28)(H,26,27). The average Bonchev–Trinajstić information content (AvgIpc) is 2.73. The fourth-order valence-electron chi connectivity index (χ4n) is 2.60. The van der Waals surface area contributed by atoms with Gasteiger partial charge in [-0.1, -0.05) is 36.0 Å². The molecule has 3 rings (SSSR count). The van der Waals surface area contributed by atoms with Crippen LogP contribution >= 0.6 is 11.8 Å². The molecule has 0 fully saturated rings. The molecule has 0 aliphatic carbocycles. The third kappa shape index (κ3) is 5.67. The van der Waals surface area contributed by atoms with Crippen LogP contribution in [0.3, 0.4) is 0 Å². The first-order valence-electron chi connectivity index (χ1n) is 8.81. The fraction of sp³-hybridized carbons (Fsp3) is 0.0909. The fourth-order valence-corrected chi connectivity index (χ4v) is 3.29. The summed E-state index contributed by atoms with van der Waals surface area (Å²) < 4.78 is 0. The van der Waals surface area contributed by atoms with E-state index in [1.54, 1.807) is 36.4 Å². The number of nitrogens with one attached hydrogen (secondary N) is 2. The predicted octanol–water partition coefficient (Wildman–Crippen LogP) is 4.24. The first-order valence-corrected chi connectivity index (χ1v) is 9.79. The van der Waals surface area contributed by atoms with E-state index >= 15 is 0 Å². The Kier molecular flexibility index (Phi) is 6.61. The van der Waals surface area contributed by atoms with Gasteiger partial charge in [0.15, 0.2) is 0 Å². The Bertz CT molecular complexity index is 1090. The second-order valence-electron chi connectivity index (χ2n) is 6.20. The first-order chi connectivity index (χ1) is 14.0. The molecule has 29 heavy (non-hydrogen) atoms. The molecule has 6 nitrogen and oxygen atoms in total. The van der Waals surface area contributed by atoms with Gasteiger partial charge in [-0.25, -0.2) is 4.98 Å². The van der Waals surface area contributed by atoms with Crippen molar-refractivity contribution in [2.24, 2.45) is 0 Å². The highest BCUT2D eigenvalue weighted by Gasteiger charge is 2.14. The first kappa shape index (κ1) is 20.1. The van der Waals surface area contributed by atoms with Gasteiger partial charge in [-0.05, 0) is 48.9 Å². The maximum absolute atomic E-state index is 12.7. The summed E-state index contributed by atoms with van der Waals surface area (Å²) >= 11 is 1.22. The Morgan fingerprint density at radius 2 is 1.90 bits per heavy atom. The molecule has 0 aliphatic rings. The Hall–Kier alpha value is -3.63. The zero-order valence-corrected chi connectivity index (χ0v) is 16.5. The molecular weight excluding hydrogens is 384 g/mol. The number of benzene rings is 2. The lowest BCUT2D eigenvalue weighted by Gasteiger charge is -2.12. The van der Waals surface area contributed by atoms with Gasteiger partial charge in [0.25, 0.3) is 5.91 Å². The van der Waals surface area contributed by atoms with E-state index in [2.05, 4.69) is 15.6 Å². The Morgan fingerprint density at radius 1 is 1.07 bits per heavy atom. The van der Waals surface area contributed by atoms with Gasteiger partial charge in [-0.2, -0.15) is 5.26 Å². The van der Waals surface area contributed by atoms with Crippen LogP contribution in [0.2, 0.25) is 0 Å². The Balaban J connectivity index is 1.66. The molecule has 0 unspecified atom stereocenters. The van der Waals surface area contributed by atoms with E-state index < -0.39 is 0 Å². The number of amides is 2. The number of carbonyl (C=O) groups excluding carboxylic acids is 2. The van der Waals surface area contributed by atoms with Crippen LogP contribution in [-0.2, 0) is 4.79 Å². The van der Waals surface area contributed by atoms with Gasteiger partial charge < -0.3 is 10.6 Å². The molecule has 0 aliphatic heterocycles. The van der Waals surface area contributed by atoms with Crippen molar-refractivity contribution >= 4 is 35.0 Å². The molecule has 2 aromatic carbocycles. The Morgan fingerprint density at radius 3 is 2.69 bits per heavy atom. The number of para-hydroxylation sites is 1. The molecule has 144 valence electrons. The summed E-state index contributed by atoms with van der Waals surface area (Å²) in [6, 6.07) is 19.6. The second kappa shape index (κ2) is 9.53. The van der Waals surface area contributed by atoms with Gasteiger partial charge in [0, 0.05) is 11.9 Å². The maximum atomic E-state index is 12.7. The molecule has 2 N–H and O–H groups in total. The molecule has 0 radical (unpaired) electrons. The topological polar surface area (TPSA) is 94.9 Å². The van der Waals surface area contributed by atoms with E-state index in [-0.39, 0.29) is 17.6 Å². The number of aromatic nitrogens is 1. The van der Waals surface area contributed by atoms with Crippen molar-refractivity contribution in [1.29, 1.82) is 5.26 Å². The van der Waals surface area contributed by atoms with Crippen molar-refractivity contribution in [2.75, 3.05) is 16.4 Å². The van der Waals surface area contributed by atoms with Crippen LogP contribution in [-0.4, -0.2) is 22.6 Å². The summed E-state index contributed by atoms with van der Waals surface area (Å²) in [5.74, 6) is -0.465. The molecule has 7 heteroatoms. The van der Waals surface area contributed by atoms with Gasteiger partial charge in [0.05, 0.1) is 33.7 Å². The van der Waals surface area contributed by atoms with Crippen LogP contribution in [0.5, 0.6) is 0 Å². The van der Waals surface area contributed by atoms with E-state index in [1.807, 2.05) is 37.3 Å². The number of nitriles is 1. The van der Waals surface area contributed by atoms with E-state index in [0.29, 0.717) is 27.5 Å². The third-order valence-corrected chi connectivity index (χ3v) is 4.86. The zero-order chi connectivity index (χ0) is 20.6. The number of rotatable bonds is 6. The quantitative estimate of drug-likeness (QED) is 0.601. The summed E-state index contributed by atoms with van der Waals surface area (Å²) in [6.07, 6.45) is 1.53. The van der Waals surface area contributed by atoms with Gasteiger partial charge in [-0.3, -0.25) is 9.59 Å². The minimum atomic E-state index is -0.303. The van der Waals surface area contributed by atoms with E-state index in [9.17, 15) is 9.59 Å². The molecule has 3 aromatic rings. The van der Waals surface area contributed by atoms with Gasteiger partial charge in [0.1, 0.15) is 0 Å². The number of aryl methyl sites for hydroxylation is 1. The third-order valence-electron chi connectivity index (χ3n) is 3.94. The van der Waals surface area contributed by atoms with Gasteiger partial charge in [-0.15, -0.1) is 0 Å². The second-order valence-corrected chi connectivity index (χ2v) is 7.20. The molecule has 0 saturated carbocycles. The van der Waals surface area contributed by atoms with Gasteiger partial charge in [0.2, 0.25) is 5.91 Å². The van der Waals surface area contributed by atoms with Crippen molar-refractivity contribution in [3.63, 3.8) is 0 Å². The molecule has 0 spiro atoms. The lowest BCUT2D eigenvalue weighted by molar-refractivity contribution is -0.113. The van der Waals surface area contributed by atoms with Crippen LogP contribution in [0.1, 0.15) is 21.5 Å². The SMILES string of the molecule is Cc1cccc(NC(=O)c2ccccc2NC(=O)CSc2cc(C#N)ccn2)c1. The number of anilines is 2. The monoisotopic (exact) mass is 402 g/mol. The highest BCUT2D eigenvalue weighted by molar-refractivity contribution is 7.99. The average molecular weight is 402 g/mol. The van der Waals surface area contributed by atoms with Crippen LogP contribution < -0.4 is 10.6 Å². The molecule has 1 heterocycles. The molecular formula is C22H18N4O2S. The predicted molar refractivity (Wildman–Crippen MR) is 114 cm³/mol. The van der Waals surface area contributed by atoms with Crippen molar-refractivity contribution in [3.05, 3.63) is 83.6 Å². The lowest BCUT2D eigenvalue weighted by atomic mass is 10.1. The van der Waals surface area contributed by atoms with Crippen molar-refractivity contribution in [2.45, 2.75) is 11.9 Å². The van der Waals surface area contributed by atoms with Crippen LogP contribution in [0.4, 0.5) is 11.4 Å². The number of pyridine rings is 1. The summed E-state index contributed by atoms with van der Waals surface area (Å²) in [5.41, 5.74) is 3.02. The smallest absolute Gasteiger partial charge is 0.257 e. The van der Waals surface area contributed by atoms with Gasteiger partial charge >= 0.3 is 0 Å². The zero-order valence-electron chi connectivity index (χ0n) is 15.7. The van der Waals surface area contributed by atoms with E-state index in [1.165, 1.54) is 18.0 Å². The van der Waals surface area contributed by atoms with Crippen LogP contribution in [0.15, 0.2) is 71.9 Å². The number of carbonyl (C=O) groups is 2. The van der Waals surface area contributed by atoms with Crippen molar-refractivity contribution in [1.82, 2.24) is 4.98 Å². The molecule has 1 aromatic heterocycles. The molecule has 2 amide bonds. The molecule has 0 saturated heterocycles. The largest absolute Gasteiger partial charge is 0.325 e. The number of hydrogen-bond donors (Lipinski definition) is 2. The molecule has 0 bridgehead atoms. The minimum absolute atomic E-state index is 0.107. The van der Waals surface area contributed by atoms with Crippen LogP contribution in [0, 0.1) is 18.3 Å². The normalized spacial score (nSPS) is 10.1. The Labute approximate surface area is 173 Å². The van der Waals surface area contributed by atoms with Crippen molar-refractivity contribution in [3.8, 4) is 6.07 Å². The number of thioether (sulfide) groups is 1. The minimum Gasteiger partial charge on any atom is -0.325 e. The maximum Gasteiger partial charge on any atom is 0.257 e. The summed E-state index contributed by atoms with van der Waals surface area (Å²) in [5, 5.41) is 15.1. The summed E-state index contributed by atoms with van der Waals surface area (Å²) in [7, 11) is 0. The van der Waals surface area contributed by atoms with Crippen molar-refractivity contribution < 1.29 is 9.59 Å². The lowest BCUT2D eigenvalue weighted by Crippen LogP contribution is -2.19. The number of hydrogen-bond acceptors (Lipinski definition) is 5. The van der Waals surface area contributed by atoms with E-state index in [4.69, 9.17) is 5.26 Å². The highest BCUT2D eigenvalue weighted by Crippen LogP contribution is 2.20.